The van der Waals surface area contributed by atoms with Gasteiger partial charge in [-0.15, -0.1) is 0 Å². The minimum absolute atomic E-state index is 0.179. The van der Waals surface area contributed by atoms with E-state index in [1.165, 1.54) is 6.33 Å². The Balaban J connectivity index is 0.000000211. The number of nitrogens with zero attached hydrogens (tertiary/aromatic N) is 6. The monoisotopic (exact) mass is 492 g/mol. The molecule has 0 aliphatic heterocycles. The first-order chi connectivity index (χ1) is 16.8. The molecule has 0 atom stereocenters. The van der Waals surface area contributed by atoms with Crippen LogP contribution in [0.3, 0.4) is 0 Å². The first-order valence-corrected chi connectivity index (χ1v) is 11.0. The lowest BCUT2D eigenvalue weighted by molar-refractivity contribution is 0.394. The zero-order valence-corrected chi connectivity index (χ0v) is 20.2. The molecule has 0 aliphatic carbocycles. The summed E-state index contributed by atoms with van der Waals surface area (Å²) in [6.45, 7) is 11.2. The van der Waals surface area contributed by atoms with Gasteiger partial charge >= 0.3 is 0 Å². The van der Waals surface area contributed by atoms with Crippen LogP contribution in [0.15, 0.2) is 65.2 Å². The van der Waals surface area contributed by atoms with E-state index in [1.54, 1.807) is 47.9 Å². The second kappa shape index (κ2) is 11.2. The molecule has 4 aromatic rings. The number of fused-ring (bicyclic) bond motifs is 1. The first-order valence-electron chi connectivity index (χ1n) is 10.6. The van der Waals surface area contributed by atoms with Crippen molar-refractivity contribution in [3.63, 3.8) is 0 Å². The van der Waals surface area contributed by atoms with Crippen molar-refractivity contribution in [2.45, 2.75) is 26.7 Å². The third-order valence-electron chi connectivity index (χ3n) is 4.80. The number of hydrogen-bond acceptors (Lipinski definition) is 9. The molecule has 180 valence electrons. The lowest BCUT2D eigenvalue weighted by Crippen LogP contribution is -2.24. The maximum atomic E-state index is 12.8. The van der Waals surface area contributed by atoms with Crippen LogP contribution in [0, 0.1) is 6.92 Å². The molecule has 3 heterocycles. The molecule has 0 radical (unpaired) electrons. The van der Waals surface area contributed by atoms with Gasteiger partial charge in [-0.2, -0.15) is 4.98 Å². The highest BCUT2D eigenvalue weighted by molar-refractivity contribution is 6.35. The molecule has 0 aliphatic rings. The summed E-state index contributed by atoms with van der Waals surface area (Å²) in [6, 6.07) is 5.30. The van der Waals surface area contributed by atoms with E-state index in [1.807, 2.05) is 6.92 Å². The van der Waals surface area contributed by atoms with Crippen molar-refractivity contribution >= 4 is 39.8 Å². The largest absolute Gasteiger partial charge is 0.383 e. The third-order valence-corrected chi connectivity index (χ3v) is 5.12. The number of hydrogen-bond donors (Lipinski definition) is 2. The van der Waals surface area contributed by atoms with E-state index in [2.05, 4.69) is 38.3 Å². The van der Waals surface area contributed by atoms with Crippen LogP contribution >= 0.6 is 11.6 Å². The summed E-state index contributed by atoms with van der Waals surface area (Å²) in [6.07, 6.45) is 7.83. The van der Waals surface area contributed by atoms with E-state index in [9.17, 15) is 4.79 Å². The van der Waals surface area contributed by atoms with Gasteiger partial charge in [-0.05, 0) is 30.7 Å². The Labute approximate surface area is 206 Å². The van der Waals surface area contributed by atoms with Crippen LogP contribution in [-0.4, -0.2) is 29.7 Å². The van der Waals surface area contributed by atoms with E-state index >= 15 is 0 Å². The fourth-order valence-electron chi connectivity index (χ4n) is 3.29. The normalized spacial score (nSPS) is 11.1. The van der Waals surface area contributed by atoms with Crippen LogP contribution in [0.4, 0.5) is 11.6 Å². The summed E-state index contributed by atoms with van der Waals surface area (Å²) < 4.78 is 6.36. The molecule has 0 saturated heterocycles. The number of allylic oxidation sites excluding steroid dienone is 4. The molecule has 10 nitrogen and oxygen atoms in total. The number of anilines is 2. The minimum Gasteiger partial charge on any atom is -0.383 e. The topological polar surface area (TPSA) is 152 Å². The van der Waals surface area contributed by atoms with Crippen molar-refractivity contribution < 1.29 is 4.52 Å². The predicted molar refractivity (Wildman–Crippen MR) is 139 cm³/mol. The van der Waals surface area contributed by atoms with Crippen molar-refractivity contribution in [2.75, 3.05) is 11.5 Å². The molecule has 1 aromatic carbocycles. The van der Waals surface area contributed by atoms with Crippen molar-refractivity contribution in [3.8, 4) is 11.4 Å². The van der Waals surface area contributed by atoms with Crippen LogP contribution < -0.4 is 17.0 Å². The van der Waals surface area contributed by atoms with Gasteiger partial charge in [-0.25, -0.2) is 15.0 Å². The lowest BCUT2D eigenvalue weighted by atomic mass is 10.2. The molecule has 0 saturated carbocycles. The summed E-state index contributed by atoms with van der Waals surface area (Å²) >= 11 is 6.17. The molecule has 4 N–H and O–H groups in total. The standard InChI is InChI=1S/C17H17ClN2O.C7H8N6O/c1-4-8-12(6-3)20-15(9-5-2)19-14-11-7-10-13(18)16(14)17(20)21;1-3-12-7(13-14-3)4-5(8)10-2-11-6(4)9/h4,6-8,10-11H,1,3,5,9H2,2H3;2H,1H3,(H4,8,9,10,11)/b12-8+;. The van der Waals surface area contributed by atoms with Gasteiger partial charge in [-0.3, -0.25) is 9.36 Å². The number of aryl methyl sites for hydroxylation is 2. The fraction of sp³-hybridized carbons (Fsp3) is 0.167. The van der Waals surface area contributed by atoms with Crippen molar-refractivity contribution in [1.29, 1.82) is 0 Å². The molecule has 0 spiro atoms. The van der Waals surface area contributed by atoms with Gasteiger partial charge < -0.3 is 16.0 Å². The van der Waals surface area contributed by atoms with E-state index in [4.69, 9.17) is 27.6 Å². The molecule has 0 amide bonds. The van der Waals surface area contributed by atoms with Gasteiger partial charge in [-0.1, -0.05) is 49.0 Å². The predicted octanol–water partition coefficient (Wildman–Crippen LogP) is 4.21. The van der Waals surface area contributed by atoms with Crippen LogP contribution in [-0.2, 0) is 6.42 Å². The summed E-state index contributed by atoms with van der Waals surface area (Å²) in [5.41, 5.74) is 12.7. The van der Waals surface area contributed by atoms with E-state index in [0.717, 1.165) is 6.42 Å². The Morgan fingerprint density at radius 3 is 2.49 bits per heavy atom. The molecule has 0 bridgehead atoms. The van der Waals surface area contributed by atoms with Crippen LogP contribution in [0.1, 0.15) is 25.1 Å². The average Bonchev–Trinajstić information content (AvgIpc) is 3.24. The number of benzene rings is 1. The number of rotatable bonds is 6. The Morgan fingerprint density at radius 1 is 1.20 bits per heavy atom. The second-order valence-electron chi connectivity index (χ2n) is 7.24. The highest BCUT2D eigenvalue weighted by Gasteiger charge is 2.15. The Hall–Kier alpha value is -4.31. The molecule has 11 heteroatoms. The van der Waals surface area contributed by atoms with Crippen molar-refractivity contribution in [2.24, 2.45) is 0 Å². The average molecular weight is 493 g/mol. The zero-order valence-electron chi connectivity index (χ0n) is 19.4. The quantitative estimate of drug-likeness (QED) is 0.377. The minimum atomic E-state index is -0.179. The second-order valence-corrected chi connectivity index (χ2v) is 7.65. The third kappa shape index (κ3) is 5.44. The van der Waals surface area contributed by atoms with Crippen LogP contribution in [0.25, 0.3) is 28.0 Å². The van der Waals surface area contributed by atoms with Crippen LogP contribution in [0.5, 0.6) is 0 Å². The number of aromatic nitrogens is 6. The molecular formula is C24H25ClN8O2. The summed E-state index contributed by atoms with van der Waals surface area (Å²) in [4.78, 5) is 29.0. The smallest absolute Gasteiger partial charge is 0.267 e. The molecule has 0 fully saturated rings. The van der Waals surface area contributed by atoms with Crippen molar-refractivity contribution in [1.82, 2.24) is 29.7 Å². The van der Waals surface area contributed by atoms with Gasteiger partial charge in [0.1, 0.15) is 29.4 Å². The molecule has 35 heavy (non-hydrogen) atoms. The highest BCUT2D eigenvalue weighted by atomic mass is 35.5. The molecule has 3 aromatic heterocycles. The van der Waals surface area contributed by atoms with Crippen LogP contribution in [0.2, 0.25) is 5.02 Å². The number of nitrogens with two attached hydrogens (primary N) is 2. The highest BCUT2D eigenvalue weighted by Crippen LogP contribution is 2.25. The summed E-state index contributed by atoms with van der Waals surface area (Å²) in [7, 11) is 0. The van der Waals surface area contributed by atoms with Gasteiger partial charge in [0.15, 0.2) is 0 Å². The number of halogens is 1. The molecule has 4 rings (SSSR count). The first kappa shape index (κ1) is 25.3. The van der Waals surface area contributed by atoms with E-state index in [0.29, 0.717) is 51.1 Å². The Bertz CT molecular complexity index is 1450. The van der Waals surface area contributed by atoms with Crippen molar-refractivity contribution in [3.05, 3.63) is 83.0 Å². The Morgan fingerprint density at radius 2 is 1.91 bits per heavy atom. The summed E-state index contributed by atoms with van der Waals surface area (Å²) in [5, 5.41) is 4.51. The number of nitrogen functional groups attached to an aromatic ring is 2. The summed E-state index contributed by atoms with van der Waals surface area (Å²) in [5.74, 6) is 1.91. The maximum Gasteiger partial charge on any atom is 0.267 e. The van der Waals surface area contributed by atoms with E-state index < -0.39 is 0 Å². The molecule has 0 unspecified atom stereocenters. The lowest BCUT2D eigenvalue weighted by Gasteiger charge is -2.14. The fourth-order valence-corrected chi connectivity index (χ4v) is 3.54. The van der Waals surface area contributed by atoms with E-state index in [-0.39, 0.29) is 17.2 Å². The van der Waals surface area contributed by atoms with Gasteiger partial charge in [0.2, 0.25) is 11.7 Å². The van der Waals surface area contributed by atoms with Gasteiger partial charge in [0, 0.05) is 19.0 Å². The zero-order chi connectivity index (χ0) is 25.5. The van der Waals surface area contributed by atoms with Gasteiger partial charge in [0.25, 0.3) is 5.56 Å². The Kier molecular flexibility index (Phi) is 8.11. The SMILES string of the molecule is C=C/C=C(\C=C)n1c(CCC)nc2cccc(Cl)c2c1=O.Cc1nc(-c2c(N)ncnc2N)no1. The molecular weight excluding hydrogens is 468 g/mol. The van der Waals surface area contributed by atoms with Gasteiger partial charge in [0.05, 0.1) is 15.9 Å². The maximum absolute atomic E-state index is 12.8.